The number of thioether (sulfide) groups is 1. The maximum Gasteiger partial charge on any atom is 0.0184 e. The molecule has 0 N–H and O–H groups in total. The second-order valence-electron chi connectivity index (χ2n) is 5.08. The van der Waals surface area contributed by atoms with Gasteiger partial charge in [0.2, 0.25) is 0 Å². The Kier molecular flexibility index (Phi) is 6.72. The van der Waals surface area contributed by atoms with Crippen LogP contribution in [0.4, 0.5) is 0 Å². The molecule has 0 amide bonds. The van der Waals surface area contributed by atoms with Crippen molar-refractivity contribution in [2.24, 2.45) is 5.92 Å². The van der Waals surface area contributed by atoms with Gasteiger partial charge >= 0.3 is 0 Å². The number of hydrogen-bond acceptors (Lipinski definition) is 1. The second kappa shape index (κ2) is 7.81. The van der Waals surface area contributed by atoms with E-state index < -0.39 is 0 Å². The Morgan fingerprint density at radius 2 is 1.88 bits per heavy atom. The number of rotatable bonds is 7. The van der Waals surface area contributed by atoms with Crippen LogP contribution in [-0.4, -0.2) is 5.75 Å². The molecule has 0 aromatic heterocycles. The summed E-state index contributed by atoms with van der Waals surface area (Å²) >= 11 is 2.07. The fourth-order valence-electron chi connectivity index (χ4n) is 1.72. The van der Waals surface area contributed by atoms with Gasteiger partial charge in [-0.1, -0.05) is 58.4 Å². The molecule has 1 aromatic carbocycles. The lowest BCUT2D eigenvalue weighted by molar-refractivity contribution is 0.637. The van der Waals surface area contributed by atoms with Gasteiger partial charge in [0.15, 0.2) is 0 Å². The van der Waals surface area contributed by atoms with E-state index in [4.69, 9.17) is 0 Å². The van der Waals surface area contributed by atoms with Gasteiger partial charge in [0.1, 0.15) is 0 Å². The van der Waals surface area contributed by atoms with Crippen LogP contribution < -0.4 is 0 Å². The van der Waals surface area contributed by atoms with Crippen LogP contribution in [0.15, 0.2) is 24.3 Å². The van der Waals surface area contributed by atoms with Gasteiger partial charge in [0.05, 0.1) is 0 Å². The van der Waals surface area contributed by atoms with Crippen molar-refractivity contribution in [1.29, 1.82) is 0 Å². The first-order valence-electron chi connectivity index (χ1n) is 6.83. The third-order valence-electron chi connectivity index (χ3n) is 3.50. The van der Waals surface area contributed by atoms with Crippen LogP contribution in [0.3, 0.4) is 0 Å². The zero-order chi connectivity index (χ0) is 12.7. The van der Waals surface area contributed by atoms with Crippen molar-refractivity contribution >= 4 is 11.8 Å². The summed E-state index contributed by atoms with van der Waals surface area (Å²) in [4.78, 5) is 0. The maximum absolute atomic E-state index is 2.39. The summed E-state index contributed by atoms with van der Waals surface area (Å²) in [6.45, 7) is 9.18. The molecule has 0 saturated heterocycles. The fourth-order valence-corrected chi connectivity index (χ4v) is 2.89. The molecule has 1 heteroatoms. The minimum absolute atomic E-state index is 0.689. The van der Waals surface area contributed by atoms with Crippen molar-refractivity contribution in [2.75, 3.05) is 5.75 Å². The van der Waals surface area contributed by atoms with Gasteiger partial charge in [-0.3, -0.25) is 0 Å². The molecule has 0 saturated carbocycles. The molecule has 2 atom stereocenters. The van der Waals surface area contributed by atoms with Gasteiger partial charge in [0.25, 0.3) is 0 Å². The molecule has 0 aliphatic heterocycles. The average Bonchev–Trinajstić information content (AvgIpc) is 2.38. The standard InChI is InChI=1S/C16H26S/c1-5-13(3)11-17-12-15-8-7-9-16(10-15)14(4)6-2/h7-10,13-14H,5-6,11-12H2,1-4H3. The minimum atomic E-state index is 0.689. The molecule has 0 spiro atoms. The predicted molar refractivity (Wildman–Crippen MR) is 80.8 cm³/mol. The summed E-state index contributed by atoms with van der Waals surface area (Å²) in [5.74, 6) is 3.98. The van der Waals surface area contributed by atoms with E-state index in [9.17, 15) is 0 Å². The first-order valence-corrected chi connectivity index (χ1v) is 7.99. The normalized spacial score (nSPS) is 14.6. The van der Waals surface area contributed by atoms with Crippen LogP contribution in [0.1, 0.15) is 57.6 Å². The topological polar surface area (TPSA) is 0 Å². The SMILES string of the molecule is CCC(C)CSCc1cccc(C(C)CC)c1. The molecule has 0 radical (unpaired) electrons. The minimum Gasteiger partial charge on any atom is -0.157 e. The molecule has 0 heterocycles. The van der Waals surface area contributed by atoms with E-state index in [1.54, 1.807) is 0 Å². The monoisotopic (exact) mass is 250 g/mol. The Hall–Kier alpha value is -0.430. The Balaban J connectivity index is 2.48. The van der Waals surface area contributed by atoms with Gasteiger partial charge in [-0.15, -0.1) is 0 Å². The first kappa shape index (κ1) is 14.6. The number of hydrogen-bond donors (Lipinski definition) is 0. The highest BCUT2D eigenvalue weighted by molar-refractivity contribution is 7.98. The lowest BCUT2D eigenvalue weighted by Crippen LogP contribution is -1.97. The lowest BCUT2D eigenvalue weighted by atomic mass is 9.97. The van der Waals surface area contributed by atoms with Crippen molar-refractivity contribution < 1.29 is 0 Å². The van der Waals surface area contributed by atoms with Gasteiger partial charge in [-0.25, -0.2) is 0 Å². The van der Waals surface area contributed by atoms with Crippen LogP contribution in [0, 0.1) is 5.92 Å². The molecule has 0 aliphatic carbocycles. The van der Waals surface area contributed by atoms with E-state index in [2.05, 4.69) is 63.7 Å². The zero-order valence-electron chi connectivity index (χ0n) is 11.7. The Morgan fingerprint density at radius 3 is 2.53 bits per heavy atom. The van der Waals surface area contributed by atoms with E-state index >= 15 is 0 Å². The maximum atomic E-state index is 2.39. The summed E-state index contributed by atoms with van der Waals surface area (Å²) in [6.07, 6.45) is 2.52. The zero-order valence-corrected chi connectivity index (χ0v) is 12.5. The summed E-state index contributed by atoms with van der Waals surface area (Å²) < 4.78 is 0. The Bertz CT molecular complexity index is 319. The van der Waals surface area contributed by atoms with E-state index in [1.165, 1.54) is 29.7 Å². The smallest absolute Gasteiger partial charge is 0.0184 e. The molecule has 17 heavy (non-hydrogen) atoms. The van der Waals surface area contributed by atoms with Crippen LogP contribution >= 0.6 is 11.8 Å². The van der Waals surface area contributed by atoms with E-state index in [0.717, 1.165) is 11.7 Å². The van der Waals surface area contributed by atoms with Gasteiger partial charge < -0.3 is 0 Å². The molecule has 96 valence electrons. The molecule has 0 bridgehead atoms. The fraction of sp³-hybridized carbons (Fsp3) is 0.625. The quantitative estimate of drug-likeness (QED) is 0.617. The Morgan fingerprint density at radius 1 is 1.12 bits per heavy atom. The molecule has 0 fully saturated rings. The molecule has 0 aliphatic rings. The lowest BCUT2D eigenvalue weighted by Gasteiger charge is -2.11. The number of benzene rings is 1. The summed E-state index contributed by atoms with van der Waals surface area (Å²) in [5.41, 5.74) is 2.98. The third-order valence-corrected chi connectivity index (χ3v) is 4.84. The summed E-state index contributed by atoms with van der Waals surface area (Å²) in [6, 6.07) is 9.12. The molecule has 1 aromatic rings. The molecule has 0 nitrogen and oxygen atoms in total. The van der Waals surface area contributed by atoms with Crippen molar-refractivity contribution in [3.05, 3.63) is 35.4 Å². The van der Waals surface area contributed by atoms with E-state index in [1.807, 2.05) is 0 Å². The van der Waals surface area contributed by atoms with Crippen molar-refractivity contribution in [3.63, 3.8) is 0 Å². The molecular formula is C16H26S. The van der Waals surface area contributed by atoms with Gasteiger partial charge in [-0.05, 0) is 35.1 Å². The highest BCUT2D eigenvalue weighted by Gasteiger charge is 2.04. The van der Waals surface area contributed by atoms with Crippen LogP contribution in [-0.2, 0) is 5.75 Å². The van der Waals surface area contributed by atoms with Crippen LogP contribution in [0.25, 0.3) is 0 Å². The van der Waals surface area contributed by atoms with Crippen LogP contribution in [0.2, 0.25) is 0 Å². The van der Waals surface area contributed by atoms with Gasteiger partial charge in [-0.2, -0.15) is 11.8 Å². The average molecular weight is 250 g/mol. The second-order valence-corrected chi connectivity index (χ2v) is 6.11. The highest BCUT2D eigenvalue weighted by atomic mass is 32.2. The predicted octanol–water partition coefficient (Wildman–Crippen LogP) is 5.48. The van der Waals surface area contributed by atoms with Crippen LogP contribution in [0.5, 0.6) is 0 Å². The Labute approximate surface area is 111 Å². The largest absolute Gasteiger partial charge is 0.157 e. The summed E-state index contributed by atoms with van der Waals surface area (Å²) in [7, 11) is 0. The molecule has 1 rings (SSSR count). The van der Waals surface area contributed by atoms with Crippen molar-refractivity contribution in [3.8, 4) is 0 Å². The van der Waals surface area contributed by atoms with Gasteiger partial charge in [0, 0.05) is 5.75 Å². The first-order chi connectivity index (χ1) is 8.17. The van der Waals surface area contributed by atoms with Crippen molar-refractivity contribution in [1.82, 2.24) is 0 Å². The third kappa shape index (κ3) is 5.16. The molecular weight excluding hydrogens is 224 g/mol. The van der Waals surface area contributed by atoms with Crippen molar-refractivity contribution in [2.45, 2.75) is 52.2 Å². The molecule has 2 unspecified atom stereocenters. The summed E-state index contributed by atoms with van der Waals surface area (Å²) in [5, 5.41) is 0. The van der Waals surface area contributed by atoms with E-state index in [0.29, 0.717) is 5.92 Å². The van der Waals surface area contributed by atoms with E-state index in [-0.39, 0.29) is 0 Å². The highest BCUT2D eigenvalue weighted by Crippen LogP contribution is 2.22.